The number of likely N-dealkylation sites (tertiary alicyclic amines) is 1. The molecule has 0 spiro atoms. The smallest absolute Gasteiger partial charge is 0.323 e. The number of piperidine rings is 1. The number of nitrogens with zero attached hydrogens (tertiary/aromatic N) is 1. The molecule has 1 unspecified atom stereocenters. The van der Waals surface area contributed by atoms with Gasteiger partial charge in [-0.1, -0.05) is 33.1 Å². The summed E-state index contributed by atoms with van der Waals surface area (Å²) >= 11 is 0. The second kappa shape index (κ2) is 8.51. The van der Waals surface area contributed by atoms with Crippen LogP contribution in [0.2, 0.25) is 0 Å². The highest BCUT2D eigenvalue weighted by Crippen LogP contribution is 2.18. The van der Waals surface area contributed by atoms with Gasteiger partial charge in [0.15, 0.2) is 0 Å². The fourth-order valence-corrected chi connectivity index (χ4v) is 2.30. The SMILES string of the molecule is CCCCOC(=O)C1CCCCN1CCCC. The van der Waals surface area contributed by atoms with Gasteiger partial charge in [-0.3, -0.25) is 9.69 Å². The number of esters is 1. The van der Waals surface area contributed by atoms with E-state index in [0.29, 0.717) is 6.61 Å². The predicted molar refractivity (Wildman–Crippen MR) is 70.0 cm³/mol. The molecule has 3 nitrogen and oxygen atoms in total. The van der Waals surface area contributed by atoms with Crippen molar-refractivity contribution in [3.8, 4) is 0 Å². The van der Waals surface area contributed by atoms with Gasteiger partial charge in [-0.05, 0) is 38.8 Å². The second-order valence-electron chi connectivity index (χ2n) is 4.92. The number of unbranched alkanes of at least 4 members (excludes halogenated alkanes) is 2. The Bertz CT molecular complexity index is 218. The number of hydrogen-bond acceptors (Lipinski definition) is 3. The highest BCUT2D eigenvalue weighted by atomic mass is 16.5. The summed E-state index contributed by atoms with van der Waals surface area (Å²) in [4.78, 5) is 14.3. The Morgan fingerprint density at radius 2 is 2.00 bits per heavy atom. The number of carbonyl (C=O) groups excluding carboxylic acids is 1. The van der Waals surface area contributed by atoms with Gasteiger partial charge in [0, 0.05) is 0 Å². The van der Waals surface area contributed by atoms with Crippen molar-refractivity contribution in [2.24, 2.45) is 0 Å². The third-order valence-electron chi connectivity index (χ3n) is 3.43. The fourth-order valence-electron chi connectivity index (χ4n) is 2.30. The molecule has 100 valence electrons. The van der Waals surface area contributed by atoms with Crippen LogP contribution in [-0.4, -0.2) is 36.6 Å². The lowest BCUT2D eigenvalue weighted by atomic mass is 10.0. The van der Waals surface area contributed by atoms with Crippen molar-refractivity contribution in [2.45, 2.75) is 64.8 Å². The second-order valence-corrected chi connectivity index (χ2v) is 4.92. The van der Waals surface area contributed by atoms with Crippen LogP contribution in [-0.2, 0) is 9.53 Å². The summed E-state index contributed by atoms with van der Waals surface area (Å²) in [5.74, 6) is 0.00857. The van der Waals surface area contributed by atoms with E-state index in [1.54, 1.807) is 0 Å². The summed E-state index contributed by atoms with van der Waals surface area (Å²) in [5.41, 5.74) is 0. The zero-order valence-corrected chi connectivity index (χ0v) is 11.4. The van der Waals surface area contributed by atoms with E-state index in [9.17, 15) is 4.79 Å². The van der Waals surface area contributed by atoms with E-state index in [-0.39, 0.29) is 12.0 Å². The standard InChI is InChI=1S/C14H27NO2/c1-3-5-10-15-11-8-7-9-13(15)14(16)17-12-6-4-2/h13H,3-12H2,1-2H3. The maximum absolute atomic E-state index is 12.0. The number of hydrogen-bond donors (Lipinski definition) is 0. The lowest BCUT2D eigenvalue weighted by Crippen LogP contribution is -2.45. The highest BCUT2D eigenvalue weighted by molar-refractivity contribution is 5.75. The van der Waals surface area contributed by atoms with Crippen molar-refractivity contribution in [2.75, 3.05) is 19.7 Å². The maximum atomic E-state index is 12.0. The summed E-state index contributed by atoms with van der Waals surface area (Å²) in [5, 5.41) is 0. The van der Waals surface area contributed by atoms with Crippen LogP contribution >= 0.6 is 0 Å². The van der Waals surface area contributed by atoms with E-state index in [1.807, 2.05) is 0 Å². The van der Waals surface area contributed by atoms with E-state index < -0.39 is 0 Å². The molecule has 0 aromatic carbocycles. The molecule has 1 rings (SSSR count). The van der Waals surface area contributed by atoms with Crippen molar-refractivity contribution in [3.63, 3.8) is 0 Å². The molecular formula is C14H27NO2. The topological polar surface area (TPSA) is 29.5 Å². The molecule has 17 heavy (non-hydrogen) atoms. The maximum Gasteiger partial charge on any atom is 0.323 e. The zero-order valence-electron chi connectivity index (χ0n) is 11.4. The number of ether oxygens (including phenoxy) is 1. The predicted octanol–water partition coefficient (Wildman–Crippen LogP) is 2.98. The van der Waals surface area contributed by atoms with Crippen LogP contribution in [0, 0.1) is 0 Å². The van der Waals surface area contributed by atoms with Crippen LogP contribution in [0.25, 0.3) is 0 Å². The molecule has 1 saturated heterocycles. The molecule has 0 aliphatic carbocycles. The minimum Gasteiger partial charge on any atom is -0.465 e. The molecule has 0 bridgehead atoms. The van der Waals surface area contributed by atoms with E-state index in [2.05, 4.69) is 18.7 Å². The van der Waals surface area contributed by atoms with Crippen LogP contribution in [0.1, 0.15) is 58.8 Å². The van der Waals surface area contributed by atoms with E-state index in [4.69, 9.17) is 4.74 Å². The van der Waals surface area contributed by atoms with Gasteiger partial charge in [-0.25, -0.2) is 0 Å². The van der Waals surface area contributed by atoms with Crippen molar-refractivity contribution in [3.05, 3.63) is 0 Å². The van der Waals surface area contributed by atoms with Crippen LogP contribution < -0.4 is 0 Å². The molecule has 0 radical (unpaired) electrons. The van der Waals surface area contributed by atoms with Gasteiger partial charge in [-0.2, -0.15) is 0 Å². The van der Waals surface area contributed by atoms with Crippen LogP contribution in [0.5, 0.6) is 0 Å². The molecule has 0 amide bonds. The van der Waals surface area contributed by atoms with Gasteiger partial charge in [0.25, 0.3) is 0 Å². The summed E-state index contributed by atoms with van der Waals surface area (Å²) in [6.07, 6.45) is 7.80. The first-order chi connectivity index (χ1) is 8.29. The Hall–Kier alpha value is -0.570. The molecule has 1 atom stereocenters. The Kier molecular flexibility index (Phi) is 7.25. The first-order valence-corrected chi connectivity index (χ1v) is 7.20. The molecule has 0 aromatic heterocycles. The number of rotatable bonds is 7. The lowest BCUT2D eigenvalue weighted by Gasteiger charge is -2.33. The Labute approximate surface area is 106 Å². The van der Waals surface area contributed by atoms with Gasteiger partial charge in [-0.15, -0.1) is 0 Å². The Morgan fingerprint density at radius 1 is 1.24 bits per heavy atom. The fraction of sp³-hybridized carbons (Fsp3) is 0.929. The van der Waals surface area contributed by atoms with Crippen LogP contribution in [0.15, 0.2) is 0 Å². The molecule has 3 heteroatoms. The summed E-state index contributed by atoms with van der Waals surface area (Å²) < 4.78 is 5.35. The zero-order chi connectivity index (χ0) is 12.5. The normalized spacial score (nSPS) is 21.4. The van der Waals surface area contributed by atoms with Gasteiger partial charge < -0.3 is 4.74 Å². The van der Waals surface area contributed by atoms with E-state index in [1.165, 1.54) is 19.3 Å². The average Bonchev–Trinajstić information content (AvgIpc) is 2.37. The molecule has 0 saturated carbocycles. The molecule has 1 heterocycles. The monoisotopic (exact) mass is 241 g/mol. The van der Waals surface area contributed by atoms with Gasteiger partial charge >= 0.3 is 5.97 Å². The van der Waals surface area contributed by atoms with E-state index >= 15 is 0 Å². The minimum atomic E-state index is 0.00857. The highest BCUT2D eigenvalue weighted by Gasteiger charge is 2.29. The molecular weight excluding hydrogens is 214 g/mol. The van der Waals surface area contributed by atoms with Crippen LogP contribution in [0.3, 0.4) is 0 Å². The summed E-state index contributed by atoms with van der Waals surface area (Å²) in [6.45, 7) is 7.01. The summed E-state index contributed by atoms with van der Waals surface area (Å²) in [6, 6.07) is 0.0344. The first kappa shape index (κ1) is 14.5. The quantitative estimate of drug-likeness (QED) is 0.507. The van der Waals surface area contributed by atoms with Crippen molar-refractivity contribution in [1.82, 2.24) is 4.90 Å². The largest absolute Gasteiger partial charge is 0.465 e. The van der Waals surface area contributed by atoms with Crippen LogP contribution in [0.4, 0.5) is 0 Å². The molecule has 1 fully saturated rings. The van der Waals surface area contributed by atoms with Gasteiger partial charge in [0.05, 0.1) is 6.61 Å². The van der Waals surface area contributed by atoms with E-state index in [0.717, 1.165) is 38.8 Å². The van der Waals surface area contributed by atoms with Crippen molar-refractivity contribution in [1.29, 1.82) is 0 Å². The first-order valence-electron chi connectivity index (χ1n) is 7.20. The molecule has 1 aliphatic heterocycles. The average molecular weight is 241 g/mol. The van der Waals surface area contributed by atoms with Gasteiger partial charge in [0.2, 0.25) is 0 Å². The van der Waals surface area contributed by atoms with Crippen molar-refractivity contribution < 1.29 is 9.53 Å². The summed E-state index contributed by atoms with van der Waals surface area (Å²) in [7, 11) is 0. The third kappa shape index (κ3) is 5.07. The molecule has 1 aliphatic rings. The lowest BCUT2D eigenvalue weighted by molar-refractivity contribution is -0.151. The minimum absolute atomic E-state index is 0.00857. The molecule has 0 N–H and O–H groups in total. The Balaban J connectivity index is 2.37. The Morgan fingerprint density at radius 3 is 2.71 bits per heavy atom. The molecule has 0 aromatic rings. The third-order valence-corrected chi connectivity index (χ3v) is 3.43. The van der Waals surface area contributed by atoms with Gasteiger partial charge in [0.1, 0.15) is 6.04 Å². The number of carbonyl (C=O) groups is 1. The van der Waals surface area contributed by atoms with Crippen molar-refractivity contribution >= 4 is 5.97 Å².